The molecule has 0 aromatic carbocycles. The third-order valence-electron chi connectivity index (χ3n) is 0.333. The van der Waals surface area contributed by atoms with E-state index in [4.69, 9.17) is 39.6 Å². The molecule has 8 nitrogen and oxygen atoms in total. The molecular formula is C4FeO8-. The number of aliphatic carboxylic acids is 4. The molecule has 0 heterocycles. The van der Waals surface area contributed by atoms with Crippen LogP contribution in [0, 0.1) is 0 Å². The molecule has 0 aromatic rings. The summed E-state index contributed by atoms with van der Waals surface area (Å²) >= 11 is 0. The molecule has 0 rings (SSSR count). The standard InChI is InChI=1S/2C2H2O4.Fe/c2*3-1(4)2(5)6;/h2*(H,3,4)(H,5,6);/q;;+3/p-4. The van der Waals surface area contributed by atoms with E-state index in [0.717, 1.165) is 0 Å². The predicted octanol–water partition coefficient (Wildman–Crippen LogP) is -7.03. The van der Waals surface area contributed by atoms with E-state index in [9.17, 15) is 0 Å². The molecule has 0 unspecified atom stereocenters. The summed E-state index contributed by atoms with van der Waals surface area (Å²) in [5.74, 6) is -8.74. The Hall–Kier alpha value is -1.60. The zero-order chi connectivity index (χ0) is 10.3. The van der Waals surface area contributed by atoms with Crippen molar-refractivity contribution in [2.45, 2.75) is 0 Å². The quantitative estimate of drug-likeness (QED) is 0.294. The molecule has 0 aliphatic rings. The van der Waals surface area contributed by atoms with Gasteiger partial charge in [-0.15, -0.1) is 0 Å². The minimum atomic E-state index is -2.19. The summed E-state index contributed by atoms with van der Waals surface area (Å²) in [6.07, 6.45) is 0. The number of carbonyl (C=O) groups excluding carboxylic acids is 4. The van der Waals surface area contributed by atoms with E-state index >= 15 is 0 Å². The second kappa shape index (κ2) is 8.50. The van der Waals surface area contributed by atoms with Crippen molar-refractivity contribution in [2.24, 2.45) is 0 Å². The molecule has 0 N–H and O–H groups in total. The molecule has 73 valence electrons. The van der Waals surface area contributed by atoms with Crippen LogP contribution in [0.25, 0.3) is 0 Å². The van der Waals surface area contributed by atoms with Crippen LogP contribution >= 0.6 is 0 Å². The summed E-state index contributed by atoms with van der Waals surface area (Å²) in [6.45, 7) is 0. The minimum Gasteiger partial charge on any atom is -0.543 e. The molecule has 13 heavy (non-hydrogen) atoms. The largest absolute Gasteiger partial charge is 3.00 e. The molecule has 0 aliphatic carbocycles. The average molecular weight is 232 g/mol. The number of hydrogen-bond donors (Lipinski definition) is 0. The van der Waals surface area contributed by atoms with Gasteiger partial charge in [-0.1, -0.05) is 0 Å². The van der Waals surface area contributed by atoms with Crippen LogP contribution in [0.1, 0.15) is 0 Å². The Morgan fingerprint density at radius 3 is 0.615 bits per heavy atom. The Bertz CT molecular complexity index is 172. The summed E-state index contributed by atoms with van der Waals surface area (Å²) in [6, 6.07) is 0. The van der Waals surface area contributed by atoms with Gasteiger partial charge in [0.2, 0.25) is 0 Å². The maximum atomic E-state index is 8.93. The van der Waals surface area contributed by atoms with E-state index in [0.29, 0.717) is 0 Å². The van der Waals surface area contributed by atoms with Gasteiger partial charge in [0.1, 0.15) is 0 Å². The van der Waals surface area contributed by atoms with E-state index in [1.54, 1.807) is 0 Å². The van der Waals surface area contributed by atoms with E-state index in [-0.39, 0.29) is 17.1 Å². The Morgan fingerprint density at radius 2 is 0.615 bits per heavy atom. The Labute approximate surface area is 81.3 Å². The van der Waals surface area contributed by atoms with Crippen LogP contribution in [0.4, 0.5) is 0 Å². The molecule has 0 amide bonds. The molecule has 0 atom stereocenters. The van der Waals surface area contributed by atoms with E-state index < -0.39 is 23.9 Å². The van der Waals surface area contributed by atoms with E-state index in [1.807, 2.05) is 0 Å². The van der Waals surface area contributed by atoms with Crippen LogP contribution in [-0.4, -0.2) is 23.9 Å². The van der Waals surface area contributed by atoms with Gasteiger partial charge in [0, 0.05) is 0 Å². The third kappa shape index (κ3) is 17.9. The first-order valence-electron chi connectivity index (χ1n) is 2.13. The van der Waals surface area contributed by atoms with Gasteiger partial charge in [0.25, 0.3) is 0 Å². The minimum absolute atomic E-state index is 0. The first-order valence-corrected chi connectivity index (χ1v) is 2.13. The SMILES string of the molecule is O=C([O-])C(=O)[O-].O=C([O-])C(=O)[O-].[Fe+3]. The fourth-order valence-corrected chi connectivity index (χ4v) is 0. The molecule has 9 heteroatoms. The number of carboxylic acid groups (broad SMARTS) is 4. The van der Waals surface area contributed by atoms with Crippen LogP contribution in [0.5, 0.6) is 0 Å². The van der Waals surface area contributed by atoms with Crippen LogP contribution in [0.2, 0.25) is 0 Å². The molecule has 0 aromatic heterocycles. The van der Waals surface area contributed by atoms with Crippen molar-refractivity contribution in [1.29, 1.82) is 0 Å². The number of rotatable bonds is 0. The van der Waals surface area contributed by atoms with Gasteiger partial charge in [-0.25, -0.2) is 0 Å². The number of hydrogen-bond acceptors (Lipinski definition) is 8. The van der Waals surface area contributed by atoms with Crippen LogP contribution < -0.4 is 20.4 Å². The molecule has 0 saturated heterocycles. The molecule has 0 fully saturated rings. The van der Waals surface area contributed by atoms with Gasteiger partial charge in [-0.05, 0) is 0 Å². The maximum absolute atomic E-state index is 8.93. The average Bonchev–Trinajstić information content (AvgIpc) is 1.88. The Morgan fingerprint density at radius 1 is 0.538 bits per heavy atom. The van der Waals surface area contributed by atoms with Gasteiger partial charge in [-0.3, -0.25) is 0 Å². The van der Waals surface area contributed by atoms with Gasteiger partial charge in [0.15, 0.2) is 0 Å². The predicted molar refractivity (Wildman–Crippen MR) is 20.0 cm³/mol. The smallest absolute Gasteiger partial charge is 0.543 e. The molecule has 0 saturated carbocycles. The molecular weight excluding hydrogens is 232 g/mol. The zero-order valence-electron chi connectivity index (χ0n) is 5.62. The van der Waals surface area contributed by atoms with Crippen molar-refractivity contribution in [1.82, 2.24) is 0 Å². The van der Waals surface area contributed by atoms with Gasteiger partial charge >= 0.3 is 17.1 Å². The summed E-state index contributed by atoms with van der Waals surface area (Å²) < 4.78 is 0. The molecule has 0 bridgehead atoms. The van der Waals surface area contributed by atoms with Crippen molar-refractivity contribution in [3.8, 4) is 0 Å². The number of carboxylic acids is 4. The van der Waals surface area contributed by atoms with E-state index in [2.05, 4.69) is 0 Å². The third-order valence-corrected chi connectivity index (χ3v) is 0.333. The normalized spacial score (nSPS) is 6.77. The van der Waals surface area contributed by atoms with Gasteiger partial charge < -0.3 is 39.6 Å². The fourth-order valence-electron chi connectivity index (χ4n) is 0. The summed E-state index contributed by atoms with van der Waals surface area (Å²) in [5, 5.41) is 35.7. The van der Waals surface area contributed by atoms with Gasteiger partial charge in [0.05, 0.1) is 23.9 Å². The summed E-state index contributed by atoms with van der Waals surface area (Å²) in [5.41, 5.74) is 0. The molecule has 1 radical (unpaired) electrons. The van der Waals surface area contributed by atoms with Crippen molar-refractivity contribution in [2.75, 3.05) is 0 Å². The second-order valence-electron chi connectivity index (χ2n) is 1.15. The van der Waals surface area contributed by atoms with Crippen molar-refractivity contribution >= 4 is 23.9 Å². The van der Waals surface area contributed by atoms with Crippen molar-refractivity contribution < 1.29 is 56.7 Å². The van der Waals surface area contributed by atoms with Gasteiger partial charge in [-0.2, -0.15) is 0 Å². The van der Waals surface area contributed by atoms with Crippen molar-refractivity contribution in [3.63, 3.8) is 0 Å². The Balaban J connectivity index is -0.000000143. The monoisotopic (exact) mass is 232 g/mol. The Kier molecular flexibility index (Phi) is 11.4. The second-order valence-corrected chi connectivity index (χ2v) is 1.15. The van der Waals surface area contributed by atoms with Crippen LogP contribution in [0.3, 0.4) is 0 Å². The first kappa shape index (κ1) is 17.5. The van der Waals surface area contributed by atoms with Crippen molar-refractivity contribution in [3.05, 3.63) is 0 Å². The van der Waals surface area contributed by atoms with Crippen LogP contribution in [0.15, 0.2) is 0 Å². The zero-order valence-corrected chi connectivity index (χ0v) is 6.72. The number of carbonyl (C=O) groups is 4. The fraction of sp³-hybridized carbons (Fsp3) is 0. The maximum Gasteiger partial charge on any atom is 3.00 e. The first-order chi connectivity index (χ1) is 5.29. The molecule has 0 spiro atoms. The summed E-state index contributed by atoms with van der Waals surface area (Å²) in [4.78, 5) is 35.7. The molecule has 0 aliphatic heterocycles. The topological polar surface area (TPSA) is 161 Å². The van der Waals surface area contributed by atoms with E-state index in [1.165, 1.54) is 0 Å². The summed E-state index contributed by atoms with van der Waals surface area (Å²) in [7, 11) is 0. The van der Waals surface area contributed by atoms with Crippen LogP contribution in [-0.2, 0) is 36.2 Å².